The van der Waals surface area contributed by atoms with Crippen LogP contribution in [0.2, 0.25) is 0 Å². The maximum atomic E-state index is 10.6. The standard InChI is InChI=1S/C5H8O4/c1-5(2-9-5)4(7)8-3-6/h6H,2-3H2,1H3/t5-/m1/s1. The Morgan fingerprint density at radius 1 is 2.00 bits per heavy atom. The Labute approximate surface area is 52.4 Å². The fraction of sp³-hybridized carbons (Fsp3) is 0.800. The molecule has 0 aromatic rings. The summed E-state index contributed by atoms with van der Waals surface area (Å²) >= 11 is 0. The SMILES string of the molecule is C[C@]1(C(=O)OCO)CO1. The topological polar surface area (TPSA) is 59.1 Å². The summed E-state index contributed by atoms with van der Waals surface area (Å²) in [5, 5.41) is 8.13. The van der Waals surface area contributed by atoms with Gasteiger partial charge in [-0.25, -0.2) is 4.79 Å². The molecule has 0 bridgehead atoms. The van der Waals surface area contributed by atoms with Crippen LogP contribution in [0.3, 0.4) is 0 Å². The van der Waals surface area contributed by atoms with E-state index in [4.69, 9.17) is 9.84 Å². The van der Waals surface area contributed by atoms with Gasteiger partial charge in [-0.05, 0) is 6.92 Å². The van der Waals surface area contributed by atoms with Gasteiger partial charge in [0, 0.05) is 0 Å². The van der Waals surface area contributed by atoms with E-state index >= 15 is 0 Å². The van der Waals surface area contributed by atoms with Crippen LogP contribution < -0.4 is 0 Å². The molecule has 0 aromatic heterocycles. The highest BCUT2D eigenvalue weighted by atomic mass is 16.7. The molecule has 0 amide bonds. The fourth-order valence-corrected chi connectivity index (χ4v) is 0.437. The van der Waals surface area contributed by atoms with Gasteiger partial charge in [0.15, 0.2) is 12.4 Å². The normalized spacial score (nSPS) is 31.8. The maximum absolute atomic E-state index is 10.6. The minimum atomic E-state index is -0.761. The molecule has 0 aromatic carbocycles. The first-order valence-electron chi connectivity index (χ1n) is 2.61. The van der Waals surface area contributed by atoms with Crippen LogP contribution in [0.1, 0.15) is 6.92 Å². The number of hydrogen-bond donors (Lipinski definition) is 1. The molecule has 0 saturated carbocycles. The minimum Gasteiger partial charge on any atom is -0.436 e. The lowest BCUT2D eigenvalue weighted by Gasteiger charge is -2.01. The molecule has 4 heteroatoms. The molecule has 1 atom stereocenters. The molecule has 0 spiro atoms. The van der Waals surface area contributed by atoms with Gasteiger partial charge in [-0.1, -0.05) is 0 Å². The quantitative estimate of drug-likeness (QED) is 0.305. The molecule has 0 radical (unpaired) electrons. The van der Waals surface area contributed by atoms with Crippen LogP contribution in [0.25, 0.3) is 0 Å². The molecule has 52 valence electrons. The molecule has 1 aliphatic rings. The summed E-state index contributed by atoms with van der Waals surface area (Å²) in [6.45, 7) is 1.44. The van der Waals surface area contributed by atoms with Crippen molar-refractivity contribution in [2.75, 3.05) is 13.4 Å². The molecule has 1 aliphatic heterocycles. The van der Waals surface area contributed by atoms with Gasteiger partial charge in [0.25, 0.3) is 0 Å². The number of ether oxygens (including phenoxy) is 2. The summed E-state index contributed by atoms with van der Waals surface area (Å²) in [4.78, 5) is 10.6. The predicted molar refractivity (Wildman–Crippen MR) is 27.5 cm³/mol. The van der Waals surface area contributed by atoms with E-state index in [-0.39, 0.29) is 0 Å². The number of epoxide rings is 1. The summed E-state index contributed by atoms with van der Waals surface area (Å²) in [6.07, 6.45) is 0. The average Bonchev–Trinajstić information content (AvgIpc) is 2.50. The molecule has 1 rings (SSSR count). The van der Waals surface area contributed by atoms with Gasteiger partial charge in [0.1, 0.15) is 0 Å². The van der Waals surface area contributed by atoms with E-state index in [2.05, 4.69) is 4.74 Å². The molecule has 1 fully saturated rings. The molecule has 1 N–H and O–H groups in total. The zero-order valence-corrected chi connectivity index (χ0v) is 5.09. The molecular weight excluding hydrogens is 124 g/mol. The number of esters is 1. The predicted octanol–water partition coefficient (Wildman–Crippen LogP) is -0.732. The molecule has 9 heavy (non-hydrogen) atoms. The van der Waals surface area contributed by atoms with E-state index in [0.29, 0.717) is 6.61 Å². The van der Waals surface area contributed by atoms with E-state index in [0.717, 1.165) is 0 Å². The lowest BCUT2D eigenvalue weighted by Crippen LogP contribution is -2.23. The van der Waals surface area contributed by atoms with Gasteiger partial charge in [0.05, 0.1) is 6.61 Å². The molecular formula is C5H8O4. The Bertz CT molecular complexity index is 127. The van der Waals surface area contributed by atoms with Crippen molar-refractivity contribution < 1.29 is 19.4 Å². The largest absolute Gasteiger partial charge is 0.436 e. The first-order valence-corrected chi connectivity index (χ1v) is 2.61. The van der Waals surface area contributed by atoms with Crippen LogP contribution in [0.15, 0.2) is 0 Å². The Hall–Kier alpha value is -0.610. The van der Waals surface area contributed by atoms with Crippen molar-refractivity contribution >= 4 is 5.97 Å². The van der Waals surface area contributed by atoms with Crippen molar-refractivity contribution in [3.05, 3.63) is 0 Å². The third-order valence-electron chi connectivity index (χ3n) is 1.20. The fourth-order valence-electron chi connectivity index (χ4n) is 0.437. The number of aliphatic hydroxyl groups excluding tert-OH is 1. The van der Waals surface area contributed by atoms with Crippen molar-refractivity contribution in [1.29, 1.82) is 0 Å². The van der Waals surface area contributed by atoms with E-state index < -0.39 is 18.4 Å². The zero-order valence-electron chi connectivity index (χ0n) is 5.09. The van der Waals surface area contributed by atoms with Crippen LogP contribution in [0, 0.1) is 0 Å². The van der Waals surface area contributed by atoms with Crippen LogP contribution in [0.5, 0.6) is 0 Å². The highest BCUT2D eigenvalue weighted by Gasteiger charge is 2.48. The number of aliphatic hydroxyl groups is 1. The summed E-state index contributed by atoms with van der Waals surface area (Å²) < 4.78 is 8.99. The van der Waals surface area contributed by atoms with Gasteiger partial charge >= 0.3 is 5.97 Å². The molecule has 1 saturated heterocycles. The van der Waals surface area contributed by atoms with Gasteiger partial charge in [-0.15, -0.1) is 0 Å². The Balaban J connectivity index is 2.34. The second-order valence-electron chi connectivity index (χ2n) is 2.08. The van der Waals surface area contributed by atoms with Crippen molar-refractivity contribution in [2.24, 2.45) is 0 Å². The summed E-state index contributed by atoms with van der Waals surface area (Å²) in [5.41, 5.74) is -0.761. The van der Waals surface area contributed by atoms with E-state index in [1.165, 1.54) is 0 Å². The van der Waals surface area contributed by atoms with Crippen molar-refractivity contribution in [3.8, 4) is 0 Å². The first-order chi connectivity index (χ1) is 4.19. The monoisotopic (exact) mass is 132 g/mol. The average molecular weight is 132 g/mol. The number of carbonyl (C=O) groups is 1. The van der Waals surface area contributed by atoms with Gasteiger partial charge in [-0.3, -0.25) is 0 Å². The minimum absolute atomic E-state index is 0.395. The van der Waals surface area contributed by atoms with Crippen molar-refractivity contribution in [3.63, 3.8) is 0 Å². The first kappa shape index (κ1) is 6.51. The van der Waals surface area contributed by atoms with Gasteiger partial charge in [-0.2, -0.15) is 0 Å². The molecule has 1 heterocycles. The third-order valence-corrected chi connectivity index (χ3v) is 1.20. The van der Waals surface area contributed by atoms with Crippen LogP contribution in [-0.2, 0) is 14.3 Å². The molecule has 4 nitrogen and oxygen atoms in total. The Kier molecular flexibility index (Phi) is 1.42. The number of hydrogen-bond acceptors (Lipinski definition) is 4. The maximum Gasteiger partial charge on any atom is 0.342 e. The van der Waals surface area contributed by atoms with Gasteiger partial charge < -0.3 is 14.6 Å². The summed E-state index contributed by atoms with van der Waals surface area (Å²) in [7, 11) is 0. The van der Waals surface area contributed by atoms with Crippen LogP contribution in [-0.4, -0.2) is 30.1 Å². The Morgan fingerprint density at radius 3 is 2.89 bits per heavy atom. The van der Waals surface area contributed by atoms with E-state index in [9.17, 15) is 4.79 Å². The van der Waals surface area contributed by atoms with E-state index in [1.54, 1.807) is 6.92 Å². The smallest absolute Gasteiger partial charge is 0.342 e. The molecule has 0 aliphatic carbocycles. The highest BCUT2D eigenvalue weighted by molar-refractivity contribution is 5.81. The van der Waals surface area contributed by atoms with Crippen LogP contribution in [0.4, 0.5) is 0 Å². The van der Waals surface area contributed by atoms with Crippen LogP contribution >= 0.6 is 0 Å². The number of rotatable bonds is 2. The third kappa shape index (κ3) is 1.20. The lowest BCUT2D eigenvalue weighted by molar-refractivity contribution is -0.157. The second kappa shape index (κ2) is 1.97. The van der Waals surface area contributed by atoms with Gasteiger partial charge in [0.2, 0.25) is 0 Å². The molecule has 0 unspecified atom stereocenters. The van der Waals surface area contributed by atoms with Crippen molar-refractivity contribution in [2.45, 2.75) is 12.5 Å². The lowest BCUT2D eigenvalue weighted by atomic mass is 10.2. The van der Waals surface area contributed by atoms with E-state index in [1.807, 2.05) is 0 Å². The summed E-state index contributed by atoms with van der Waals surface area (Å²) in [5.74, 6) is -0.495. The number of carbonyl (C=O) groups excluding carboxylic acids is 1. The summed E-state index contributed by atoms with van der Waals surface area (Å²) in [6, 6.07) is 0. The zero-order chi connectivity index (χ0) is 6.91. The Morgan fingerprint density at radius 2 is 2.56 bits per heavy atom. The van der Waals surface area contributed by atoms with Crippen molar-refractivity contribution in [1.82, 2.24) is 0 Å². The second-order valence-corrected chi connectivity index (χ2v) is 2.08. The highest BCUT2D eigenvalue weighted by Crippen LogP contribution is 2.26.